The highest BCUT2D eigenvalue weighted by atomic mass is 35.5. The molecular weight excluding hydrogens is 438 g/mol. The van der Waals surface area contributed by atoms with Crippen LogP contribution in [0.3, 0.4) is 0 Å². The predicted octanol–water partition coefficient (Wildman–Crippen LogP) is 2.72. The molecule has 164 valence electrons. The normalized spacial score (nSPS) is 18.8. The first-order valence-corrected chi connectivity index (χ1v) is 12.0. The number of hydrogen-bond acceptors (Lipinski definition) is 4. The molecule has 1 atom stereocenters. The predicted molar refractivity (Wildman–Crippen MR) is 118 cm³/mol. The lowest BCUT2D eigenvalue weighted by Gasteiger charge is -2.23. The van der Waals surface area contributed by atoms with Crippen LogP contribution in [0, 0.1) is 0 Å². The Labute approximate surface area is 187 Å². The molecule has 2 amide bonds. The van der Waals surface area contributed by atoms with Crippen LogP contribution >= 0.6 is 11.6 Å². The van der Waals surface area contributed by atoms with Crippen molar-refractivity contribution >= 4 is 39.1 Å². The van der Waals surface area contributed by atoms with E-state index in [1.54, 1.807) is 24.3 Å². The van der Waals surface area contributed by atoms with Gasteiger partial charge in [-0.15, -0.1) is 0 Å². The molecule has 0 aliphatic carbocycles. The van der Waals surface area contributed by atoms with Crippen molar-refractivity contribution in [1.29, 1.82) is 0 Å². The van der Waals surface area contributed by atoms with Gasteiger partial charge in [-0.1, -0.05) is 23.7 Å². The first-order chi connectivity index (χ1) is 14.8. The van der Waals surface area contributed by atoms with Gasteiger partial charge in [-0.25, -0.2) is 8.42 Å². The summed E-state index contributed by atoms with van der Waals surface area (Å²) < 4.78 is 27.3. The Bertz CT molecular complexity index is 1110. The maximum Gasteiger partial charge on any atom is 0.243 e. The van der Waals surface area contributed by atoms with Crippen molar-refractivity contribution in [3.8, 4) is 0 Å². The summed E-state index contributed by atoms with van der Waals surface area (Å²) in [5, 5.41) is 3.48. The molecule has 0 bridgehead atoms. The summed E-state index contributed by atoms with van der Waals surface area (Å²) in [4.78, 5) is 26.9. The van der Waals surface area contributed by atoms with Crippen LogP contribution < -0.4 is 10.2 Å². The molecule has 9 heteroatoms. The minimum absolute atomic E-state index is 0.207. The van der Waals surface area contributed by atoms with E-state index in [0.29, 0.717) is 35.9 Å². The van der Waals surface area contributed by atoms with Gasteiger partial charge in [0.1, 0.15) is 6.04 Å². The molecule has 2 aliphatic rings. The molecule has 7 nitrogen and oxygen atoms in total. The zero-order valence-corrected chi connectivity index (χ0v) is 18.7. The maximum atomic E-state index is 12.9. The van der Waals surface area contributed by atoms with Crippen molar-refractivity contribution in [2.45, 2.75) is 43.7 Å². The Kier molecular flexibility index (Phi) is 6.05. The van der Waals surface area contributed by atoms with Crippen LogP contribution in [0.15, 0.2) is 47.4 Å². The van der Waals surface area contributed by atoms with E-state index in [2.05, 4.69) is 5.32 Å². The largest absolute Gasteiger partial charge is 0.350 e. The number of amides is 2. The number of halogens is 1. The van der Waals surface area contributed by atoms with E-state index < -0.39 is 16.1 Å². The Balaban J connectivity index is 1.54. The molecule has 1 saturated heterocycles. The Hall–Kier alpha value is -2.42. The topological polar surface area (TPSA) is 86.8 Å². The number of nitrogens with zero attached hydrogens (tertiary/aromatic N) is 2. The van der Waals surface area contributed by atoms with E-state index in [9.17, 15) is 18.0 Å². The van der Waals surface area contributed by atoms with Gasteiger partial charge in [0, 0.05) is 43.7 Å². The van der Waals surface area contributed by atoms with Gasteiger partial charge in [-0.3, -0.25) is 14.5 Å². The third kappa shape index (κ3) is 4.33. The minimum atomic E-state index is -3.57. The second-order valence-corrected chi connectivity index (χ2v) is 10.2. The highest BCUT2D eigenvalue weighted by Crippen LogP contribution is 2.35. The lowest BCUT2D eigenvalue weighted by molar-refractivity contribution is -0.125. The van der Waals surface area contributed by atoms with E-state index in [4.69, 9.17) is 11.6 Å². The van der Waals surface area contributed by atoms with Crippen molar-refractivity contribution in [2.24, 2.45) is 0 Å². The molecular formula is C22H24ClN3O4S. The number of benzene rings is 2. The van der Waals surface area contributed by atoms with Gasteiger partial charge in [0.25, 0.3) is 0 Å². The summed E-state index contributed by atoms with van der Waals surface area (Å²) in [7, 11) is -3.57. The molecule has 0 aromatic heterocycles. The second-order valence-electron chi connectivity index (χ2n) is 7.85. The number of carbonyl (C=O) groups excluding carboxylic acids is 2. The van der Waals surface area contributed by atoms with Gasteiger partial charge in [-0.2, -0.15) is 4.31 Å². The minimum Gasteiger partial charge on any atom is -0.350 e. The Morgan fingerprint density at radius 2 is 1.77 bits per heavy atom. The second kappa shape index (κ2) is 8.61. The lowest BCUT2D eigenvalue weighted by Crippen LogP contribution is -2.47. The molecule has 0 saturated carbocycles. The van der Waals surface area contributed by atoms with E-state index in [1.165, 1.54) is 22.2 Å². The van der Waals surface area contributed by atoms with Crippen LogP contribution in [0.5, 0.6) is 0 Å². The van der Waals surface area contributed by atoms with Gasteiger partial charge in [-0.05, 0) is 54.3 Å². The fraction of sp³-hybridized carbons (Fsp3) is 0.364. The van der Waals surface area contributed by atoms with Crippen LogP contribution in [-0.2, 0) is 32.6 Å². The number of fused-ring (bicyclic) bond motifs is 1. The molecule has 2 aromatic carbocycles. The Morgan fingerprint density at radius 1 is 1.10 bits per heavy atom. The summed E-state index contributed by atoms with van der Waals surface area (Å²) in [6.07, 6.45) is 1.99. The SMILES string of the molecule is CC(=O)N1c2ccc(S(=O)(=O)N3CCCC3)cc2CC1C(=O)NCc1ccc(Cl)cc1. The van der Waals surface area contributed by atoms with Gasteiger partial charge in [0.2, 0.25) is 21.8 Å². The third-order valence-electron chi connectivity index (χ3n) is 5.76. The number of carbonyl (C=O) groups is 2. The van der Waals surface area contributed by atoms with E-state index in [-0.39, 0.29) is 23.1 Å². The van der Waals surface area contributed by atoms with Crippen molar-refractivity contribution < 1.29 is 18.0 Å². The average molecular weight is 462 g/mol. The quantitative estimate of drug-likeness (QED) is 0.741. The zero-order chi connectivity index (χ0) is 22.2. The van der Waals surface area contributed by atoms with E-state index in [1.807, 2.05) is 12.1 Å². The molecule has 2 heterocycles. The van der Waals surface area contributed by atoms with Gasteiger partial charge >= 0.3 is 0 Å². The summed E-state index contributed by atoms with van der Waals surface area (Å²) in [5.41, 5.74) is 2.16. The van der Waals surface area contributed by atoms with E-state index >= 15 is 0 Å². The smallest absolute Gasteiger partial charge is 0.243 e. The third-order valence-corrected chi connectivity index (χ3v) is 7.91. The first kappa shape index (κ1) is 21.8. The molecule has 1 unspecified atom stereocenters. The molecule has 2 aromatic rings. The van der Waals surface area contributed by atoms with Gasteiger partial charge in [0.15, 0.2) is 0 Å². The maximum absolute atomic E-state index is 12.9. The standard InChI is InChI=1S/C22H24ClN3O4S/c1-15(27)26-20-9-8-19(31(29,30)25-10-2-3-11-25)12-17(20)13-21(26)22(28)24-14-16-4-6-18(23)7-5-16/h4-9,12,21H,2-3,10-11,13-14H2,1H3,(H,24,28). The summed E-state index contributed by atoms with van der Waals surface area (Å²) >= 11 is 5.89. The number of nitrogens with one attached hydrogen (secondary N) is 1. The highest BCUT2D eigenvalue weighted by Gasteiger charge is 2.38. The van der Waals surface area contributed by atoms with Crippen LogP contribution in [0.2, 0.25) is 5.02 Å². The fourth-order valence-electron chi connectivity index (χ4n) is 4.17. The lowest BCUT2D eigenvalue weighted by atomic mass is 10.1. The molecule has 1 fully saturated rings. The van der Waals surface area contributed by atoms with Crippen LogP contribution in [0.4, 0.5) is 5.69 Å². The fourth-order valence-corrected chi connectivity index (χ4v) is 5.87. The molecule has 0 radical (unpaired) electrons. The molecule has 4 rings (SSSR count). The number of rotatable bonds is 5. The average Bonchev–Trinajstić information content (AvgIpc) is 3.41. The highest BCUT2D eigenvalue weighted by molar-refractivity contribution is 7.89. The molecule has 31 heavy (non-hydrogen) atoms. The summed E-state index contributed by atoms with van der Waals surface area (Å²) in [5.74, 6) is -0.550. The first-order valence-electron chi connectivity index (χ1n) is 10.2. The monoisotopic (exact) mass is 461 g/mol. The number of hydrogen-bond donors (Lipinski definition) is 1. The molecule has 1 N–H and O–H groups in total. The number of anilines is 1. The molecule has 2 aliphatic heterocycles. The summed E-state index contributed by atoms with van der Waals surface area (Å²) in [6.45, 7) is 2.76. The zero-order valence-electron chi connectivity index (χ0n) is 17.2. The Morgan fingerprint density at radius 3 is 2.42 bits per heavy atom. The van der Waals surface area contributed by atoms with Gasteiger partial charge < -0.3 is 5.32 Å². The van der Waals surface area contributed by atoms with Crippen molar-refractivity contribution in [2.75, 3.05) is 18.0 Å². The summed E-state index contributed by atoms with van der Waals surface area (Å²) in [6, 6.07) is 11.2. The van der Waals surface area contributed by atoms with Crippen LogP contribution in [0.1, 0.15) is 30.9 Å². The van der Waals surface area contributed by atoms with Crippen molar-refractivity contribution in [3.63, 3.8) is 0 Å². The van der Waals surface area contributed by atoms with Crippen LogP contribution in [-0.4, -0.2) is 43.7 Å². The van der Waals surface area contributed by atoms with Crippen molar-refractivity contribution in [3.05, 3.63) is 58.6 Å². The molecule has 0 spiro atoms. The number of sulfonamides is 1. The van der Waals surface area contributed by atoms with Crippen molar-refractivity contribution in [1.82, 2.24) is 9.62 Å². The van der Waals surface area contributed by atoms with E-state index in [0.717, 1.165) is 18.4 Å². The van der Waals surface area contributed by atoms with Gasteiger partial charge in [0.05, 0.1) is 4.90 Å². The van der Waals surface area contributed by atoms with Crippen LogP contribution in [0.25, 0.3) is 0 Å².